The monoisotopic (exact) mass is 661 g/mol. The van der Waals surface area contributed by atoms with Crippen molar-refractivity contribution in [3.05, 3.63) is 163 Å². The topological polar surface area (TPSA) is 108 Å². The van der Waals surface area contributed by atoms with Crippen LogP contribution < -0.4 is 4.74 Å². The van der Waals surface area contributed by atoms with E-state index in [9.17, 15) is 9.67 Å². The Kier molecular flexibility index (Phi) is 10.3. The lowest BCUT2D eigenvalue weighted by atomic mass is 10.1. The first kappa shape index (κ1) is 32.7. The number of hydrogen-bond acceptors (Lipinski definition) is 8. The van der Waals surface area contributed by atoms with E-state index in [1.54, 1.807) is 24.5 Å². The van der Waals surface area contributed by atoms with Crippen molar-refractivity contribution in [2.24, 2.45) is 0 Å². The highest BCUT2D eigenvalue weighted by Gasteiger charge is 2.25. The molecule has 0 radical (unpaired) electrons. The van der Waals surface area contributed by atoms with Crippen LogP contribution in [-0.2, 0) is 39.2 Å². The molecule has 0 saturated heterocycles. The van der Waals surface area contributed by atoms with Gasteiger partial charge in [-0.1, -0.05) is 78.9 Å². The molecule has 0 aliphatic heterocycles. The number of aromatic hydroxyl groups is 1. The average molecular weight is 662 g/mol. The summed E-state index contributed by atoms with van der Waals surface area (Å²) >= 11 is 0. The highest BCUT2D eigenvalue weighted by molar-refractivity contribution is 7.53. The molecule has 0 atom stereocenters. The van der Waals surface area contributed by atoms with Gasteiger partial charge in [-0.05, 0) is 41.0 Å². The second-order valence-electron chi connectivity index (χ2n) is 11.1. The Hall–Kier alpha value is -5.21. The van der Waals surface area contributed by atoms with Crippen LogP contribution in [0.5, 0.6) is 11.6 Å². The molecule has 0 spiro atoms. The Morgan fingerprint density at radius 1 is 0.812 bits per heavy atom. The van der Waals surface area contributed by atoms with E-state index in [1.165, 1.54) is 12.2 Å². The summed E-state index contributed by atoms with van der Waals surface area (Å²) in [5.41, 5.74) is 6.36. The molecule has 0 unspecified atom stereocenters. The van der Waals surface area contributed by atoms with E-state index in [-0.39, 0.29) is 31.7 Å². The van der Waals surface area contributed by atoms with Crippen molar-refractivity contribution >= 4 is 13.2 Å². The Morgan fingerprint density at radius 2 is 1.56 bits per heavy atom. The molecule has 6 aromatic rings. The first-order valence-corrected chi connectivity index (χ1v) is 17.2. The first-order chi connectivity index (χ1) is 23.4. The highest BCUT2D eigenvalue weighted by atomic mass is 31.2. The maximum atomic E-state index is 13.2. The van der Waals surface area contributed by atoms with E-state index < -0.39 is 7.60 Å². The van der Waals surface area contributed by atoms with E-state index in [0.717, 1.165) is 33.7 Å². The summed E-state index contributed by atoms with van der Waals surface area (Å²) < 4.78 is 38.4. The molecule has 0 aliphatic carbocycles. The van der Waals surface area contributed by atoms with Gasteiger partial charge in [-0.25, -0.2) is 9.97 Å². The van der Waals surface area contributed by atoms with Gasteiger partial charge in [-0.3, -0.25) is 8.97 Å². The molecule has 3 aromatic carbocycles. The number of benzene rings is 3. The van der Waals surface area contributed by atoms with Crippen LogP contribution in [0.2, 0.25) is 0 Å². The molecule has 3 aromatic heterocycles. The number of phenolic OH excluding ortho intramolecular Hbond substituents is 1. The number of nitrogens with zero attached hydrogens (tertiary/aromatic N) is 3. The quantitative estimate of drug-likeness (QED) is 0.0812. The fourth-order valence-corrected chi connectivity index (χ4v) is 6.85. The van der Waals surface area contributed by atoms with E-state index in [4.69, 9.17) is 28.2 Å². The van der Waals surface area contributed by atoms with Gasteiger partial charge in [-0.2, -0.15) is 0 Å². The lowest BCUT2D eigenvalue weighted by Gasteiger charge is -2.17. The largest absolute Gasteiger partial charge is 0.508 e. The van der Waals surface area contributed by atoms with Crippen LogP contribution in [0.3, 0.4) is 0 Å². The second-order valence-corrected chi connectivity index (χ2v) is 13.2. The SMILES string of the molecule is C=CCOP(=O)(Cc1ccc(COc2c(Cc3ccco3)nc3c(Cc4ccccc4)nc(-c4cccc(O)c4)cn23)cc1)OCC=C. The van der Waals surface area contributed by atoms with E-state index >= 15 is 0 Å². The molecule has 0 aliphatic rings. The average Bonchev–Trinajstić information content (AvgIpc) is 3.74. The Bertz CT molecular complexity index is 2020. The standard InChI is InChI=1S/C38H36N3O6P/c1-3-19-46-48(43,47-20-4-2)27-30-17-15-29(16-18-30)26-45-38-35(24-33-14-9-21-44-33)40-37-34(22-28-10-6-5-7-11-28)39-36(25-41(37)38)31-12-8-13-32(42)23-31/h3-18,21,23,25,42H,1-2,19-20,22,24,26-27H2. The van der Waals surface area contributed by atoms with Crippen molar-refractivity contribution in [1.29, 1.82) is 0 Å². The van der Waals surface area contributed by atoms with E-state index in [2.05, 4.69) is 25.3 Å². The lowest BCUT2D eigenvalue weighted by molar-refractivity contribution is 0.236. The minimum absolute atomic E-state index is 0.116. The van der Waals surface area contributed by atoms with Crippen molar-refractivity contribution in [2.45, 2.75) is 25.6 Å². The number of aromatic nitrogens is 3. The fourth-order valence-electron chi connectivity index (χ4n) is 5.27. The van der Waals surface area contributed by atoms with E-state index in [0.29, 0.717) is 35.8 Å². The number of fused-ring (bicyclic) bond motifs is 1. The summed E-state index contributed by atoms with van der Waals surface area (Å²) in [4.78, 5) is 10.1. The van der Waals surface area contributed by atoms with Gasteiger partial charge in [0, 0.05) is 18.2 Å². The van der Waals surface area contributed by atoms with Crippen LogP contribution in [0.4, 0.5) is 0 Å². The molecule has 10 heteroatoms. The van der Waals surface area contributed by atoms with Gasteiger partial charge in [0.15, 0.2) is 5.65 Å². The molecule has 9 nitrogen and oxygen atoms in total. The third-order valence-electron chi connectivity index (χ3n) is 7.53. The predicted octanol–water partition coefficient (Wildman–Crippen LogP) is 8.55. The minimum Gasteiger partial charge on any atom is -0.508 e. The number of hydrogen-bond donors (Lipinski definition) is 1. The molecule has 1 N–H and O–H groups in total. The maximum absolute atomic E-state index is 13.2. The fraction of sp³-hybridized carbons (Fsp3) is 0.158. The number of ether oxygens (including phenoxy) is 1. The Morgan fingerprint density at radius 3 is 2.25 bits per heavy atom. The van der Waals surface area contributed by atoms with Gasteiger partial charge in [0.2, 0.25) is 5.88 Å². The van der Waals surface area contributed by atoms with Gasteiger partial charge in [0.1, 0.15) is 23.8 Å². The van der Waals surface area contributed by atoms with Crippen molar-refractivity contribution in [3.8, 4) is 22.9 Å². The van der Waals surface area contributed by atoms with Crippen LogP contribution in [0.25, 0.3) is 16.9 Å². The normalized spacial score (nSPS) is 11.5. The molecule has 3 heterocycles. The summed E-state index contributed by atoms with van der Waals surface area (Å²) in [6.07, 6.45) is 7.69. The van der Waals surface area contributed by atoms with Crippen LogP contribution >= 0.6 is 7.60 Å². The van der Waals surface area contributed by atoms with Crippen molar-refractivity contribution in [3.63, 3.8) is 0 Å². The van der Waals surface area contributed by atoms with Crippen LogP contribution in [0.15, 0.2) is 133 Å². The van der Waals surface area contributed by atoms with Crippen molar-refractivity contribution in [2.75, 3.05) is 13.2 Å². The maximum Gasteiger partial charge on any atom is 0.335 e. The summed E-state index contributed by atoms with van der Waals surface area (Å²) in [5, 5.41) is 10.2. The lowest BCUT2D eigenvalue weighted by Crippen LogP contribution is -2.04. The van der Waals surface area contributed by atoms with Gasteiger partial charge in [0.05, 0.1) is 43.4 Å². The predicted molar refractivity (Wildman–Crippen MR) is 185 cm³/mol. The third-order valence-corrected chi connectivity index (χ3v) is 9.37. The van der Waals surface area contributed by atoms with Crippen LogP contribution in [-0.4, -0.2) is 32.7 Å². The zero-order chi connectivity index (χ0) is 33.3. The molecular formula is C38H36N3O6P. The number of furan rings is 1. The molecule has 48 heavy (non-hydrogen) atoms. The van der Waals surface area contributed by atoms with Gasteiger partial charge < -0.3 is 23.3 Å². The van der Waals surface area contributed by atoms with Crippen LogP contribution in [0, 0.1) is 0 Å². The molecule has 244 valence electrons. The highest BCUT2D eigenvalue weighted by Crippen LogP contribution is 2.51. The molecule has 0 saturated carbocycles. The molecule has 0 amide bonds. The van der Waals surface area contributed by atoms with Crippen LogP contribution in [0.1, 0.15) is 33.8 Å². The number of imidazole rings is 1. The van der Waals surface area contributed by atoms with Gasteiger partial charge >= 0.3 is 7.60 Å². The zero-order valence-electron chi connectivity index (χ0n) is 26.4. The third kappa shape index (κ3) is 8.01. The van der Waals surface area contributed by atoms with Gasteiger partial charge in [-0.15, -0.1) is 13.2 Å². The summed E-state index contributed by atoms with van der Waals surface area (Å²) in [5.74, 6) is 1.46. The van der Waals surface area contributed by atoms with E-state index in [1.807, 2.05) is 71.3 Å². The number of rotatable bonds is 16. The van der Waals surface area contributed by atoms with Crippen molar-refractivity contribution in [1.82, 2.24) is 14.4 Å². The Balaban J connectivity index is 1.34. The molecule has 6 rings (SSSR count). The zero-order valence-corrected chi connectivity index (χ0v) is 27.3. The summed E-state index contributed by atoms with van der Waals surface area (Å²) in [6.45, 7) is 7.76. The van der Waals surface area contributed by atoms with Crippen molar-refractivity contribution < 1.29 is 27.9 Å². The second kappa shape index (κ2) is 15.1. The minimum atomic E-state index is -3.39. The molecule has 0 fully saturated rings. The molecular weight excluding hydrogens is 625 g/mol. The Labute approximate surface area is 279 Å². The smallest absolute Gasteiger partial charge is 0.335 e. The number of phenols is 1. The van der Waals surface area contributed by atoms with Gasteiger partial charge in [0.25, 0.3) is 0 Å². The first-order valence-electron chi connectivity index (χ1n) is 15.5. The summed E-state index contributed by atoms with van der Waals surface area (Å²) in [6, 6.07) is 28.5. The summed E-state index contributed by atoms with van der Waals surface area (Å²) in [7, 11) is -3.39. The molecule has 0 bridgehead atoms.